The number of carboxylic acid groups (broad SMARTS) is 6. The highest BCUT2D eigenvalue weighted by Crippen LogP contribution is 2.73. The van der Waals surface area contributed by atoms with Gasteiger partial charge in [-0.25, -0.2) is 4.79 Å². The van der Waals surface area contributed by atoms with Crippen molar-refractivity contribution in [3.8, 4) is 0 Å². The van der Waals surface area contributed by atoms with Crippen molar-refractivity contribution in [1.29, 1.82) is 0 Å². The third-order valence-electron chi connectivity index (χ3n) is 13.1. The van der Waals surface area contributed by atoms with E-state index >= 15 is 3.89 Å². The summed E-state index contributed by atoms with van der Waals surface area (Å²) in [7, 11) is -2.97. The van der Waals surface area contributed by atoms with E-state index < -0.39 is 136 Å². The number of amides is 5. The molecule has 0 spiro atoms. The molecule has 1 aromatic rings. The highest BCUT2D eigenvalue weighted by atomic mass is 32.3. The molecule has 1 aromatic carbocycles. The predicted molar refractivity (Wildman–Crippen MR) is 292 cm³/mol. The van der Waals surface area contributed by atoms with Gasteiger partial charge in [-0.15, -0.1) is 0 Å². The van der Waals surface area contributed by atoms with Crippen molar-refractivity contribution in [2.24, 2.45) is 0 Å². The number of unbranched alkanes of at least 4 members (excludes halogenated alkanes) is 2. The number of benzene rings is 1. The van der Waals surface area contributed by atoms with E-state index in [1.807, 2.05) is 0 Å². The molecule has 5 amide bonds. The molecule has 1 saturated heterocycles. The fraction of sp³-hybridized carbons (Fsp3) is 0.673. The van der Waals surface area contributed by atoms with Gasteiger partial charge in [-0.3, -0.25) is 67.5 Å². The second-order valence-corrected chi connectivity index (χ2v) is 25.5. The lowest BCUT2D eigenvalue weighted by molar-refractivity contribution is -0.145. The first kappa shape index (κ1) is 69.6. The summed E-state index contributed by atoms with van der Waals surface area (Å²) in [6.07, 6.45) is -0.0843. The summed E-state index contributed by atoms with van der Waals surface area (Å²) < 4.78 is 15.4. The van der Waals surface area contributed by atoms with Crippen molar-refractivity contribution in [2.45, 2.75) is 138 Å². The minimum atomic E-state index is -2.97. The van der Waals surface area contributed by atoms with Crippen LogP contribution in [0.5, 0.6) is 0 Å². The smallest absolute Gasteiger partial charge is 0.326 e. The van der Waals surface area contributed by atoms with E-state index in [0.29, 0.717) is 17.7 Å². The van der Waals surface area contributed by atoms with Gasteiger partial charge >= 0.3 is 35.8 Å². The highest BCUT2D eigenvalue weighted by Gasteiger charge is 2.48. The van der Waals surface area contributed by atoms with Gasteiger partial charge in [-0.05, 0) is 104 Å². The maximum Gasteiger partial charge on any atom is 0.326 e. The molecule has 1 heterocycles. The van der Waals surface area contributed by atoms with E-state index in [9.17, 15) is 78.3 Å². The van der Waals surface area contributed by atoms with Crippen molar-refractivity contribution in [3.63, 3.8) is 0 Å². The van der Waals surface area contributed by atoms with Gasteiger partial charge in [0.1, 0.15) is 18.1 Å². The minimum Gasteiger partial charge on any atom is -0.481 e. The number of carbonyl (C=O) groups excluding carboxylic acids is 5. The summed E-state index contributed by atoms with van der Waals surface area (Å²) in [5, 5.41) is 70.8. The summed E-state index contributed by atoms with van der Waals surface area (Å²) in [5.74, 6) is -10.8. The number of rotatable bonds is 32. The van der Waals surface area contributed by atoms with Crippen molar-refractivity contribution in [3.05, 3.63) is 29.8 Å². The Morgan fingerprint density at radius 1 is 0.512 bits per heavy atom. The molecule has 0 aliphatic carbocycles. The number of carboxylic acids is 6. The molecule has 80 heavy (non-hydrogen) atoms. The molecule has 0 saturated carbocycles. The molecule has 28 heteroatoms. The fourth-order valence-electron chi connectivity index (χ4n) is 9.10. The summed E-state index contributed by atoms with van der Waals surface area (Å²) >= 11 is 0. The molecule has 11 N–H and O–H groups in total. The Morgan fingerprint density at radius 2 is 0.963 bits per heavy atom. The van der Waals surface area contributed by atoms with Gasteiger partial charge in [0.15, 0.2) is 0 Å². The minimum absolute atomic E-state index is 0.0177. The molecule has 1 fully saturated rings. The van der Waals surface area contributed by atoms with E-state index in [1.54, 1.807) is 46.4 Å². The molecule has 2 rings (SSSR count). The zero-order chi connectivity index (χ0) is 60.4. The van der Waals surface area contributed by atoms with Crippen molar-refractivity contribution in [1.82, 2.24) is 46.2 Å². The zero-order valence-electron chi connectivity index (χ0n) is 46.8. The van der Waals surface area contributed by atoms with Crippen molar-refractivity contribution < 1.29 is 87.3 Å². The van der Waals surface area contributed by atoms with Crippen LogP contribution in [0, 0.1) is 0 Å². The SMILES string of the molecule is CC(C)(C)S(F)(c1ccc(C(=O)NC[C@H](NC(=O)CC[C@H](C(=O)O)N2CCN(CC(=O)O)CCN(CC(=O)O)CCN(CC(=O)O)CC2)C(=O)N[C@H](CCCCNC(=O)CCC(=O)NCCCCC(=O)O)C(=O)O)cc1)C(C)(C)C. The first-order valence-electron chi connectivity index (χ1n) is 26.6. The van der Waals surface area contributed by atoms with Crippen LogP contribution in [0.3, 0.4) is 0 Å². The number of halogens is 1. The lowest BCUT2D eigenvalue weighted by Gasteiger charge is -2.52. The monoisotopic (exact) mass is 1160 g/mol. The number of nitrogens with one attached hydrogen (secondary N) is 5. The van der Waals surface area contributed by atoms with Crippen LogP contribution in [0.1, 0.15) is 116 Å². The van der Waals surface area contributed by atoms with Crippen LogP contribution in [0.15, 0.2) is 29.2 Å². The van der Waals surface area contributed by atoms with Crippen LogP contribution in [0.2, 0.25) is 0 Å². The van der Waals surface area contributed by atoms with E-state index in [1.165, 1.54) is 39.0 Å². The van der Waals surface area contributed by atoms with E-state index in [0.717, 1.165) is 0 Å². The van der Waals surface area contributed by atoms with Gasteiger partial charge in [0.25, 0.3) is 5.91 Å². The van der Waals surface area contributed by atoms with Gasteiger partial charge in [-0.1, -0.05) is 10.4 Å². The third-order valence-corrected chi connectivity index (χ3v) is 17.4. The van der Waals surface area contributed by atoms with Gasteiger partial charge in [0.05, 0.1) is 19.6 Å². The van der Waals surface area contributed by atoms with Gasteiger partial charge in [0, 0.05) is 118 Å². The number of aliphatic carboxylic acids is 6. The van der Waals surface area contributed by atoms with Crippen molar-refractivity contribution >= 4 is 75.8 Å². The zero-order valence-corrected chi connectivity index (χ0v) is 47.6. The quantitative estimate of drug-likeness (QED) is 0.0452. The van der Waals surface area contributed by atoms with Crippen LogP contribution in [0.25, 0.3) is 0 Å². The van der Waals surface area contributed by atoms with Crippen LogP contribution in [-0.2, 0) is 47.9 Å². The number of hydrogen-bond donors (Lipinski definition) is 11. The number of nitrogens with zero attached hydrogens (tertiary/aromatic N) is 4. The molecule has 0 bridgehead atoms. The van der Waals surface area contributed by atoms with Crippen LogP contribution in [-0.4, -0.2) is 235 Å². The topological polar surface area (TPSA) is 382 Å². The standard InChI is InChI=1S/C52H84FN9O17S/c1-51(2,3)80(53,52(4,5)6)36-15-13-35(14-16-36)47(74)56-31-38(48(75)58-37(49(76)77)11-7-9-21-54-40(63)19-20-41(64)55-22-10-8-12-43(66)67)57-42(65)18-17-39(50(78)79)62-29-27-60(33-45(70)71)25-23-59(32-44(68)69)24-26-61(28-30-62)34-46(72)73/h13-16,37-39H,7-12,17-34H2,1-6H3,(H,54,63)(H,55,64)(H,56,74)(H,57,65)(H,58,75)(H,66,67)(H,68,69)(H,70,71)(H,72,73)(H,76,77)(H,78,79)/t37-,38+,39-/m1/s1. The average Bonchev–Trinajstić information content (AvgIpc) is 3.42. The van der Waals surface area contributed by atoms with E-state index in [2.05, 4.69) is 26.6 Å². The number of carbonyl (C=O) groups is 11. The first-order valence-corrected chi connectivity index (χ1v) is 28.1. The second kappa shape index (κ2) is 33.9. The Labute approximate surface area is 467 Å². The predicted octanol–water partition coefficient (Wildman–Crippen LogP) is 1.26. The maximum absolute atomic E-state index is 17.0. The Morgan fingerprint density at radius 3 is 1.38 bits per heavy atom. The Balaban J connectivity index is 2.32. The van der Waals surface area contributed by atoms with Crippen molar-refractivity contribution in [2.75, 3.05) is 91.6 Å². The molecular weight excluding hydrogens is 1070 g/mol. The van der Waals surface area contributed by atoms with Crippen LogP contribution in [0.4, 0.5) is 3.89 Å². The normalized spacial score (nSPS) is 16.0. The largest absolute Gasteiger partial charge is 0.481 e. The summed E-state index contributed by atoms with van der Waals surface area (Å²) in [6, 6.07) is 1.30. The maximum atomic E-state index is 17.0. The Kier molecular flexibility index (Phi) is 29.5. The molecule has 3 atom stereocenters. The second-order valence-electron chi connectivity index (χ2n) is 21.5. The lowest BCUT2D eigenvalue weighted by Crippen LogP contribution is -2.56. The highest BCUT2D eigenvalue weighted by molar-refractivity contribution is 8.31. The molecule has 0 aromatic heterocycles. The van der Waals surface area contributed by atoms with Gasteiger partial charge < -0.3 is 57.2 Å². The summed E-state index contributed by atoms with van der Waals surface area (Å²) in [4.78, 5) is 143. The Bertz CT molecular complexity index is 2240. The van der Waals surface area contributed by atoms with E-state index in [4.69, 9.17) is 5.11 Å². The molecule has 26 nitrogen and oxygen atoms in total. The first-order chi connectivity index (χ1) is 37.3. The molecule has 1 aliphatic heterocycles. The average molecular weight is 1160 g/mol. The lowest BCUT2D eigenvalue weighted by atomic mass is 10.1. The Hall–Kier alpha value is -6.49. The van der Waals surface area contributed by atoms with Crippen LogP contribution < -0.4 is 26.6 Å². The van der Waals surface area contributed by atoms with Crippen LogP contribution >= 0.6 is 10.4 Å². The van der Waals surface area contributed by atoms with Gasteiger partial charge in [-0.2, -0.15) is 3.89 Å². The summed E-state index contributed by atoms with van der Waals surface area (Å²) in [5.41, 5.74) is 0.0735. The molecule has 0 unspecified atom stereocenters. The molecule has 1 aliphatic rings. The molecular formula is C52H84FN9O17S. The molecule has 452 valence electrons. The number of hydrogen-bond acceptors (Lipinski definition) is 15. The fourth-order valence-corrected chi connectivity index (χ4v) is 12.9. The van der Waals surface area contributed by atoms with Gasteiger partial charge in [0.2, 0.25) is 23.6 Å². The molecule has 0 radical (unpaired) electrons. The third kappa shape index (κ3) is 25.3. The summed E-state index contributed by atoms with van der Waals surface area (Å²) in [6.45, 7) is 9.36. The van der Waals surface area contributed by atoms with E-state index in [-0.39, 0.29) is 115 Å².